The van der Waals surface area contributed by atoms with Gasteiger partial charge in [-0.3, -0.25) is 0 Å². The Bertz CT molecular complexity index is 583. The van der Waals surface area contributed by atoms with Crippen LogP contribution in [0.25, 0.3) is 0 Å². The van der Waals surface area contributed by atoms with E-state index in [1.165, 1.54) is 23.6 Å². The number of hydrogen-bond donors (Lipinski definition) is 1. The van der Waals surface area contributed by atoms with Crippen molar-refractivity contribution in [2.24, 2.45) is 11.7 Å². The largest absolute Gasteiger partial charge is 0.326 e. The summed E-state index contributed by atoms with van der Waals surface area (Å²) in [7, 11) is -1.80. The van der Waals surface area contributed by atoms with E-state index >= 15 is 0 Å². The van der Waals surface area contributed by atoms with E-state index in [-0.39, 0.29) is 0 Å². The molecule has 1 saturated carbocycles. The molecule has 0 amide bonds. The summed E-state index contributed by atoms with van der Waals surface area (Å²) in [6.45, 7) is 0.934. The van der Waals surface area contributed by atoms with Crippen LogP contribution in [-0.4, -0.2) is 26.3 Å². The van der Waals surface area contributed by atoms with Crippen LogP contribution in [-0.2, 0) is 16.6 Å². The summed E-state index contributed by atoms with van der Waals surface area (Å²) in [4.78, 5) is 0.309. The molecule has 2 rings (SSSR count). The Hall–Kier alpha value is -0.430. The number of nitrogens with two attached hydrogens (primary N) is 1. The topological polar surface area (TPSA) is 63.4 Å². The first-order valence-electron chi connectivity index (χ1n) is 7.40. The number of halogens is 1. The predicted octanol–water partition coefficient (Wildman–Crippen LogP) is 3.11. The molecular weight excluding hydrogens is 352 g/mol. The molecule has 6 heteroatoms. The SMILES string of the molecule is CN(CC1CCCCC1)S(=O)(=O)c1cc(CN)ccc1Br. The van der Waals surface area contributed by atoms with Crippen LogP contribution in [0.3, 0.4) is 0 Å². The van der Waals surface area contributed by atoms with Crippen LogP contribution in [0.5, 0.6) is 0 Å². The zero-order chi connectivity index (χ0) is 15.5. The third-order valence-electron chi connectivity index (χ3n) is 4.16. The standard InChI is InChI=1S/C15H23BrN2O2S/c1-18(11-12-5-3-2-4-6-12)21(19,20)15-9-13(10-17)7-8-14(15)16/h7-9,12H,2-6,10-11,17H2,1H3. The summed E-state index contributed by atoms with van der Waals surface area (Å²) in [6, 6.07) is 5.25. The summed E-state index contributed by atoms with van der Waals surface area (Å²) in [6.07, 6.45) is 5.96. The van der Waals surface area contributed by atoms with E-state index in [1.54, 1.807) is 19.2 Å². The van der Waals surface area contributed by atoms with Gasteiger partial charge in [0.1, 0.15) is 0 Å². The number of hydrogen-bond acceptors (Lipinski definition) is 3. The smallest absolute Gasteiger partial charge is 0.243 e. The maximum Gasteiger partial charge on any atom is 0.243 e. The Labute approximate surface area is 135 Å². The van der Waals surface area contributed by atoms with Gasteiger partial charge < -0.3 is 5.73 Å². The fraction of sp³-hybridized carbons (Fsp3) is 0.600. The second-order valence-corrected chi connectivity index (χ2v) is 8.63. The van der Waals surface area contributed by atoms with Crippen molar-refractivity contribution >= 4 is 26.0 Å². The molecule has 1 aromatic carbocycles. The molecule has 0 bridgehead atoms. The van der Waals surface area contributed by atoms with E-state index in [9.17, 15) is 8.42 Å². The molecule has 118 valence electrons. The van der Waals surface area contributed by atoms with Crippen LogP contribution in [0.1, 0.15) is 37.7 Å². The quantitative estimate of drug-likeness (QED) is 0.860. The fourth-order valence-corrected chi connectivity index (χ4v) is 5.09. The minimum Gasteiger partial charge on any atom is -0.326 e. The molecule has 0 spiro atoms. The third kappa shape index (κ3) is 4.06. The van der Waals surface area contributed by atoms with Gasteiger partial charge in [0.15, 0.2) is 0 Å². The number of sulfonamides is 1. The minimum absolute atomic E-state index is 0.309. The summed E-state index contributed by atoms with van der Waals surface area (Å²) in [5.41, 5.74) is 6.44. The van der Waals surface area contributed by atoms with Crippen molar-refractivity contribution in [1.82, 2.24) is 4.31 Å². The second kappa shape index (κ2) is 7.22. The van der Waals surface area contributed by atoms with Gasteiger partial charge in [0, 0.05) is 24.6 Å². The predicted molar refractivity (Wildman–Crippen MR) is 88.4 cm³/mol. The van der Waals surface area contributed by atoms with E-state index in [2.05, 4.69) is 15.9 Å². The van der Waals surface area contributed by atoms with Crippen LogP contribution in [0, 0.1) is 5.92 Å². The number of benzene rings is 1. The highest BCUT2D eigenvalue weighted by Gasteiger charge is 2.26. The normalized spacial score (nSPS) is 17.3. The first-order chi connectivity index (χ1) is 9.95. The van der Waals surface area contributed by atoms with Gasteiger partial charge in [0.05, 0.1) is 4.90 Å². The Kier molecular flexibility index (Phi) is 5.82. The van der Waals surface area contributed by atoms with E-state index in [0.717, 1.165) is 18.4 Å². The Morgan fingerprint density at radius 2 is 1.95 bits per heavy atom. The highest BCUT2D eigenvalue weighted by molar-refractivity contribution is 9.10. The summed E-state index contributed by atoms with van der Waals surface area (Å²) < 4.78 is 27.6. The van der Waals surface area contributed by atoms with Gasteiger partial charge >= 0.3 is 0 Å². The zero-order valence-corrected chi connectivity index (χ0v) is 14.8. The highest BCUT2D eigenvalue weighted by Crippen LogP contribution is 2.29. The lowest BCUT2D eigenvalue weighted by Gasteiger charge is -2.27. The summed E-state index contributed by atoms with van der Waals surface area (Å²) in [5, 5.41) is 0. The van der Waals surface area contributed by atoms with Crippen molar-refractivity contribution in [3.63, 3.8) is 0 Å². The highest BCUT2D eigenvalue weighted by atomic mass is 79.9. The lowest BCUT2D eigenvalue weighted by atomic mass is 9.89. The molecule has 0 radical (unpaired) electrons. The van der Waals surface area contributed by atoms with Gasteiger partial charge in [-0.1, -0.05) is 25.3 Å². The van der Waals surface area contributed by atoms with E-state index in [1.807, 2.05) is 6.07 Å². The lowest BCUT2D eigenvalue weighted by molar-refractivity contribution is 0.300. The first-order valence-corrected chi connectivity index (χ1v) is 9.63. The van der Waals surface area contributed by atoms with Crippen molar-refractivity contribution in [2.45, 2.75) is 43.5 Å². The minimum atomic E-state index is -3.47. The molecule has 0 aromatic heterocycles. The second-order valence-electron chi connectivity index (χ2n) is 5.76. The monoisotopic (exact) mass is 374 g/mol. The van der Waals surface area contributed by atoms with E-state index < -0.39 is 10.0 Å². The van der Waals surface area contributed by atoms with Crippen LogP contribution in [0.15, 0.2) is 27.6 Å². The van der Waals surface area contributed by atoms with Gasteiger partial charge in [-0.2, -0.15) is 0 Å². The molecule has 0 atom stereocenters. The molecular formula is C15H23BrN2O2S. The third-order valence-corrected chi connectivity index (χ3v) is 6.98. The van der Waals surface area contributed by atoms with Crippen LogP contribution >= 0.6 is 15.9 Å². The van der Waals surface area contributed by atoms with Crippen molar-refractivity contribution in [3.8, 4) is 0 Å². The lowest BCUT2D eigenvalue weighted by Crippen LogP contribution is -2.33. The molecule has 0 saturated heterocycles. The summed E-state index contributed by atoms with van der Waals surface area (Å²) in [5.74, 6) is 0.481. The first kappa shape index (κ1) is 16.9. The van der Waals surface area contributed by atoms with E-state index in [4.69, 9.17) is 5.73 Å². The van der Waals surface area contributed by atoms with Gasteiger partial charge in [-0.25, -0.2) is 12.7 Å². The molecule has 4 nitrogen and oxygen atoms in total. The van der Waals surface area contributed by atoms with Gasteiger partial charge in [0.2, 0.25) is 10.0 Å². The average Bonchev–Trinajstić information content (AvgIpc) is 2.48. The van der Waals surface area contributed by atoms with Crippen molar-refractivity contribution in [1.29, 1.82) is 0 Å². The molecule has 1 fully saturated rings. The van der Waals surface area contributed by atoms with Crippen molar-refractivity contribution < 1.29 is 8.42 Å². The van der Waals surface area contributed by atoms with Crippen LogP contribution in [0.4, 0.5) is 0 Å². The molecule has 1 aliphatic carbocycles. The molecule has 2 N–H and O–H groups in total. The van der Waals surface area contributed by atoms with Gasteiger partial charge in [-0.05, 0) is 52.4 Å². The average molecular weight is 375 g/mol. The number of nitrogens with zero attached hydrogens (tertiary/aromatic N) is 1. The van der Waals surface area contributed by atoms with Crippen LogP contribution in [0.2, 0.25) is 0 Å². The Morgan fingerprint density at radius 1 is 1.29 bits per heavy atom. The fourth-order valence-electron chi connectivity index (χ4n) is 2.87. The Morgan fingerprint density at radius 3 is 2.57 bits per heavy atom. The maximum atomic E-state index is 12.7. The van der Waals surface area contributed by atoms with Crippen LogP contribution < -0.4 is 5.73 Å². The van der Waals surface area contributed by atoms with Crippen molar-refractivity contribution in [3.05, 3.63) is 28.2 Å². The van der Waals surface area contributed by atoms with Crippen molar-refractivity contribution in [2.75, 3.05) is 13.6 Å². The zero-order valence-electron chi connectivity index (χ0n) is 12.4. The molecule has 0 heterocycles. The van der Waals surface area contributed by atoms with Gasteiger partial charge in [0.25, 0.3) is 0 Å². The number of rotatable bonds is 5. The van der Waals surface area contributed by atoms with Gasteiger partial charge in [-0.15, -0.1) is 0 Å². The maximum absolute atomic E-state index is 12.7. The Balaban J connectivity index is 2.20. The summed E-state index contributed by atoms with van der Waals surface area (Å²) >= 11 is 3.34. The molecule has 1 aliphatic rings. The molecule has 21 heavy (non-hydrogen) atoms. The van der Waals surface area contributed by atoms with E-state index in [0.29, 0.717) is 28.4 Å². The molecule has 0 aliphatic heterocycles. The molecule has 0 unspecified atom stereocenters. The molecule has 1 aromatic rings.